The van der Waals surface area contributed by atoms with Gasteiger partial charge in [0, 0.05) is 24.0 Å². The highest BCUT2D eigenvalue weighted by Crippen LogP contribution is 2.22. The minimum absolute atomic E-state index is 0.146. The van der Waals surface area contributed by atoms with E-state index in [-0.39, 0.29) is 6.04 Å². The molecule has 0 aliphatic heterocycles. The molecule has 0 aromatic carbocycles. The molecule has 3 aromatic heterocycles. The molecule has 0 atom stereocenters. The summed E-state index contributed by atoms with van der Waals surface area (Å²) in [5, 5.41) is 3.16. The van der Waals surface area contributed by atoms with Gasteiger partial charge in [0.15, 0.2) is 17.0 Å². The van der Waals surface area contributed by atoms with Crippen LogP contribution in [0.3, 0.4) is 0 Å². The van der Waals surface area contributed by atoms with Crippen LogP contribution in [0.1, 0.15) is 36.8 Å². The van der Waals surface area contributed by atoms with Crippen molar-refractivity contribution >= 4 is 17.0 Å². The summed E-state index contributed by atoms with van der Waals surface area (Å²) in [6, 6.07) is 4.12. The molecular weight excluding hydrogens is 295 g/mol. The quantitative estimate of drug-likeness (QED) is 0.749. The number of imidazole rings is 1. The molecule has 6 nitrogen and oxygen atoms in total. The molecule has 0 unspecified atom stereocenters. The van der Waals surface area contributed by atoms with Gasteiger partial charge in [-0.2, -0.15) is 14.4 Å². The lowest BCUT2D eigenvalue weighted by molar-refractivity contribution is 0.537. The fourth-order valence-electron chi connectivity index (χ4n) is 2.60. The molecule has 0 amide bonds. The number of pyridine rings is 1. The Labute approximate surface area is 133 Å². The maximum Gasteiger partial charge on any atom is 0.312 e. The first-order valence-electron chi connectivity index (χ1n) is 7.52. The number of rotatable bonds is 4. The molecule has 1 N–H and O–H groups in total. The summed E-state index contributed by atoms with van der Waals surface area (Å²) in [6.45, 7) is 8.41. The van der Waals surface area contributed by atoms with Gasteiger partial charge in [0.1, 0.15) is 0 Å². The van der Waals surface area contributed by atoms with Crippen molar-refractivity contribution in [3.05, 3.63) is 41.5 Å². The van der Waals surface area contributed by atoms with Gasteiger partial charge in [-0.15, -0.1) is 0 Å². The Balaban J connectivity index is 1.93. The van der Waals surface area contributed by atoms with E-state index in [1.54, 1.807) is 6.33 Å². The number of aromatic nitrogens is 5. The third-order valence-electron chi connectivity index (χ3n) is 3.55. The van der Waals surface area contributed by atoms with Crippen LogP contribution in [0.4, 0.5) is 10.2 Å². The third-order valence-corrected chi connectivity index (χ3v) is 3.55. The van der Waals surface area contributed by atoms with Gasteiger partial charge < -0.3 is 9.88 Å². The predicted octanol–water partition coefficient (Wildman–Crippen LogP) is 3.17. The van der Waals surface area contributed by atoms with Crippen LogP contribution in [0.15, 0.2) is 18.5 Å². The molecule has 7 heteroatoms. The molecule has 0 spiro atoms. The van der Waals surface area contributed by atoms with Crippen LogP contribution in [-0.2, 0) is 6.54 Å². The first-order chi connectivity index (χ1) is 10.9. The summed E-state index contributed by atoms with van der Waals surface area (Å²) in [4.78, 5) is 16.4. The Bertz CT molecular complexity index is 835. The summed E-state index contributed by atoms with van der Waals surface area (Å²) >= 11 is 0. The third kappa shape index (κ3) is 3.13. The van der Waals surface area contributed by atoms with E-state index >= 15 is 0 Å². The molecule has 0 radical (unpaired) electrons. The highest BCUT2D eigenvalue weighted by Gasteiger charge is 2.14. The maximum absolute atomic E-state index is 13.8. The average Bonchev–Trinajstić information content (AvgIpc) is 2.87. The van der Waals surface area contributed by atoms with Crippen molar-refractivity contribution in [3.8, 4) is 0 Å². The number of hydrogen-bond acceptors (Lipinski definition) is 5. The Hall–Kier alpha value is -2.57. The topological polar surface area (TPSA) is 68.5 Å². The Morgan fingerprint density at radius 2 is 1.83 bits per heavy atom. The van der Waals surface area contributed by atoms with Gasteiger partial charge in [0.05, 0.1) is 6.33 Å². The zero-order chi connectivity index (χ0) is 16.6. The van der Waals surface area contributed by atoms with Crippen LogP contribution in [0.2, 0.25) is 0 Å². The van der Waals surface area contributed by atoms with Crippen LogP contribution in [-0.4, -0.2) is 24.5 Å². The lowest BCUT2D eigenvalue weighted by Crippen LogP contribution is -2.07. The van der Waals surface area contributed by atoms with Crippen LogP contribution < -0.4 is 5.32 Å². The van der Waals surface area contributed by atoms with Gasteiger partial charge >= 0.3 is 6.08 Å². The zero-order valence-electron chi connectivity index (χ0n) is 13.6. The van der Waals surface area contributed by atoms with Crippen molar-refractivity contribution in [2.45, 2.75) is 40.3 Å². The fourth-order valence-corrected chi connectivity index (χ4v) is 2.60. The van der Waals surface area contributed by atoms with Gasteiger partial charge in [-0.25, -0.2) is 4.98 Å². The molecule has 0 saturated carbocycles. The van der Waals surface area contributed by atoms with Crippen LogP contribution in [0, 0.1) is 19.9 Å². The normalized spacial score (nSPS) is 11.4. The number of hydrogen-bond donors (Lipinski definition) is 1. The van der Waals surface area contributed by atoms with Crippen LogP contribution in [0.5, 0.6) is 0 Å². The van der Waals surface area contributed by atoms with E-state index < -0.39 is 6.08 Å². The molecule has 0 aliphatic rings. The summed E-state index contributed by atoms with van der Waals surface area (Å²) in [5.74, 6) is 0.402. The number of fused-ring (bicyclic) bond motifs is 1. The SMILES string of the molecule is Cc1cc(CNc2nc(F)nc3c2ncn3C(C)C)cc(C)n1. The molecule has 0 aliphatic carbocycles. The first-order valence-corrected chi connectivity index (χ1v) is 7.52. The second kappa shape index (κ2) is 5.91. The predicted molar refractivity (Wildman–Crippen MR) is 86.7 cm³/mol. The molecule has 3 heterocycles. The zero-order valence-corrected chi connectivity index (χ0v) is 13.6. The van der Waals surface area contributed by atoms with Crippen molar-refractivity contribution in [3.63, 3.8) is 0 Å². The number of nitrogens with zero attached hydrogens (tertiary/aromatic N) is 5. The van der Waals surface area contributed by atoms with Crippen molar-refractivity contribution in [1.29, 1.82) is 0 Å². The van der Waals surface area contributed by atoms with Crippen LogP contribution in [0.25, 0.3) is 11.2 Å². The lowest BCUT2D eigenvalue weighted by atomic mass is 10.2. The average molecular weight is 314 g/mol. The highest BCUT2D eigenvalue weighted by molar-refractivity contribution is 5.82. The van der Waals surface area contributed by atoms with E-state index in [0.29, 0.717) is 23.5 Å². The molecule has 0 bridgehead atoms. The molecular formula is C16H19FN6. The van der Waals surface area contributed by atoms with Gasteiger partial charge in [-0.05, 0) is 45.4 Å². The molecule has 120 valence electrons. The fraction of sp³-hybridized carbons (Fsp3) is 0.375. The minimum atomic E-state index is -0.760. The summed E-state index contributed by atoms with van der Waals surface area (Å²) < 4.78 is 15.6. The highest BCUT2D eigenvalue weighted by atomic mass is 19.1. The maximum atomic E-state index is 13.8. The molecule has 23 heavy (non-hydrogen) atoms. The van der Waals surface area contributed by atoms with E-state index in [4.69, 9.17) is 0 Å². The largest absolute Gasteiger partial charge is 0.364 e. The number of aryl methyl sites for hydroxylation is 2. The van der Waals surface area contributed by atoms with E-state index in [1.165, 1.54) is 0 Å². The van der Waals surface area contributed by atoms with Gasteiger partial charge in [0.2, 0.25) is 0 Å². The van der Waals surface area contributed by atoms with E-state index in [2.05, 4.69) is 25.3 Å². The molecule has 0 saturated heterocycles. The lowest BCUT2D eigenvalue weighted by Gasteiger charge is -2.09. The van der Waals surface area contributed by atoms with Gasteiger partial charge in [-0.1, -0.05) is 0 Å². The standard InChI is InChI=1S/C16H19FN6/c1-9(2)23-8-19-13-14(21-16(17)22-15(13)23)18-7-12-5-10(3)20-11(4)6-12/h5-6,8-9H,7H2,1-4H3,(H,18,21,22). The second-order valence-electron chi connectivity index (χ2n) is 5.87. The summed E-state index contributed by atoms with van der Waals surface area (Å²) in [7, 11) is 0. The number of halogens is 1. The van der Waals surface area contributed by atoms with Gasteiger partial charge in [-0.3, -0.25) is 4.98 Å². The Kier molecular flexibility index (Phi) is 3.94. The molecule has 3 rings (SSSR count). The van der Waals surface area contributed by atoms with Crippen molar-refractivity contribution in [1.82, 2.24) is 24.5 Å². The number of nitrogens with one attached hydrogen (secondary N) is 1. The van der Waals surface area contributed by atoms with Crippen molar-refractivity contribution < 1.29 is 4.39 Å². The summed E-state index contributed by atoms with van der Waals surface area (Å²) in [6.07, 6.45) is 0.902. The van der Waals surface area contributed by atoms with Gasteiger partial charge in [0.25, 0.3) is 0 Å². The molecule has 0 fully saturated rings. The Morgan fingerprint density at radius 3 is 2.48 bits per heavy atom. The monoisotopic (exact) mass is 314 g/mol. The Morgan fingerprint density at radius 1 is 1.13 bits per heavy atom. The molecule has 3 aromatic rings. The smallest absolute Gasteiger partial charge is 0.312 e. The summed E-state index contributed by atoms with van der Waals surface area (Å²) in [5.41, 5.74) is 4.03. The van der Waals surface area contributed by atoms with Crippen LogP contribution >= 0.6 is 0 Å². The van der Waals surface area contributed by atoms with Crippen molar-refractivity contribution in [2.75, 3.05) is 5.32 Å². The van der Waals surface area contributed by atoms with E-state index in [0.717, 1.165) is 17.0 Å². The van der Waals surface area contributed by atoms with E-state index in [1.807, 2.05) is 44.4 Å². The van der Waals surface area contributed by atoms with Crippen molar-refractivity contribution in [2.24, 2.45) is 0 Å². The first kappa shape index (κ1) is 15.3. The second-order valence-corrected chi connectivity index (χ2v) is 5.87. The number of anilines is 1. The van der Waals surface area contributed by atoms with E-state index in [9.17, 15) is 4.39 Å². The minimum Gasteiger partial charge on any atom is -0.364 e.